The fourth-order valence-corrected chi connectivity index (χ4v) is 12.2. The molecule has 0 aromatic heterocycles. The molecular weight excluding hydrogens is 571 g/mol. The van der Waals surface area contributed by atoms with Crippen molar-refractivity contribution < 1.29 is 14.3 Å². The Morgan fingerprint density at radius 3 is 1.84 bits per heavy atom. The second-order valence-electron chi connectivity index (χ2n) is 13.5. The van der Waals surface area contributed by atoms with E-state index in [9.17, 15) is 5.11 Å². The highest BCUT2D eigenvalue weighted by Gasteiger charge is 2.53. The zero-order chi connectivity index (χ0) is 31.7. The number of piperidine rings is 1. The van der Waals surface area contributed by atoms with Crippen molar-refractivity contribution in [1.82, 2.24) is 4.90 Å². The van der Waals surface area contributed by atoms with Crippen molar-refractivity contribution >= 4 is 18.7 Å². The Morgan fingerprint density at radius 2 is 1.31 bits per heavy atom. The maximum Gasteiger partial charge on any atom is 0.261 e. The van der Waals surface area contributed by atoms with Crippen LogP contribution in [0, 0.1) is 0 Å². The Balaban J connectivity index is 1.43. The second-order valence-corrected chi connectivity index (χ2v) is 17.8. The lowest BCUT2D eigenvalue weighted by molar-refractivity contribution is -0.0494. The number of aliphatic hydroxyl groups is 1. The molecule has 1 fully saturated rings. The van der Waals surface area contributed by atoms with E-state index in [0.717, 1.165) is 37.9 Å². The zero-order valence-corrected chi connectivity index (χ0v) is 28.5. The van der Waals surface area contributed by atoms with Gasteiger partial charge in [0.15, 0.2) is 0 Å². The van der Waals surface area contributed by atoms with Gasteiger partial charge in [0, 0.05) is 18.7 Å². The first-order valence-corrected chi connectivity index (χ1v) is 18.6. The summed E-state index contributed by atoms with van der Waals surface area (Å²) < 4.78 is 13.8. The van der Waals surface area contributed by atoms with Gasteiger partial charge in [-0.3, -0.25) is 4.90 Å². The molecule has 4 atom stereocenters. The molecule has 1 heterocycles. The van der Waals surface area contributed by atoms with Gasteiger partial charge in [-0.25, -0.2) is 0 Å². The fourth-order valence-electron chi connectivity index (χ4n) is 7.41. The highest BCUT2D eigenvalue weighted by atomic mass is 28.4. The zero-order valence-electron chi connectivity index (χ0n) is 27.5. The number of benzene rings is 4. The van der Waals surface area contributed by atoms with E-state index in [1.165, 1.54) is 15.9 Å². The Labute approximate surface area is 272 Å². The Morgan fingerprint density at radius 1 is 0.778 bits per heavy atom. The fraction of sp³-hybridized carbons (Fsp3) is 0.400. The molecule has 1 N–H and O–H groups in total. The molecule has 0 bridgehead atoms. The van der Waals surface area contributed by atoms with Crippen LogP contribution in [0.15, 0.2) is 121 Å². The third kappa shape index (κ3) is 7.67. The van der Waals surface area contributed by atoms with Gasteiger partial charge in [0.1, 0.15) is 0 Å². The normalized spacial score (nSPS) is 20.2. The molecule has 0 unspecified atom stereocenters. The van der Waals surface area contributed by atoms with E-state index in [4.69, 9.17) is 9.16 Å². The molecule has 1 saturated heterocycles. The van der Waals surface area contributed by atoms with Crippen molar-refractivity contribution in [3.8, 4) is 0 Å². The van der Waals surface area contributed by atoms with Gasteiger partial charge >= 0.3 is 0 Å². The SMILES string of the molecule is C[C@H]1[C@H](O[Si](c2ccccc2)(c2ccccc2)C(C)(C)C)CC[C@@H](CCCOCc2ccccc2)N1[C@@H](CO)c1ccccc1. The molecule has 0 radical (unpaired) electrons. The first-order chi connectivity index (χ1) is 21.8. The molecule has 0 saturated carbocycles. The van der Waals surface area contributed by atoms with Gasteiger partial charge in [-0.15, -0.1) is 0 Å². The number of nitrogens with zero attached hydrogens (tertiary/aromatic N) is 1. The lowest BCUT2D eigenvalue weighted by atomic mass is 9.88. The Kier molecular flexibility index (Phi) is 11.5. The van der Waals surface area contributed by atoms with E-state index in [1.807, 2.05) is 12.1 Å². The summed E-state index contributed by atoms with van der Waals surface area (Å²) in [5.74, 6) is 0. The van der Waals surface area contributed by atoms with Crippen LogP contribution in [0.2, 0.25) is 5.04 Å². The average Bonchev–Trinajstić information content (AvgIpc) is 3.07. The summed E-state index contributed by atoms with van der Waals surface area (Å²) in [5.41, 5.74) is 2.36. The summed E-state index contributed by atoms with van der Waals surface area (Å²) in [7, 11) is -2.73. The lowest BCUT2D eigenvalue weighted by Gasteiger charge is -2.52. The minimum Gasteiger partial charge on any atom is -0.403 e. The molecule has 4 aromatic rings. The molecule has 4 aromatic carbocycles. The number of aliphatic hydroxyl groups excluding tert-OH is 1. The molecule has 0 amide bonds. The third-order valence-electron chi connectivity index (χ3n) is 9.61. The van der Waals surface area contributed by atoms with Crippen LogP contribution in [0.5, 0.6) is 0 Å². The van der Waals surface area contributed by atoms with Crippen molar-refractivity contribution in [2.75, 3.05) is 13.2 Å². The van der Waals surface area contributed by atoms with Crippen LogP contribution in [0.3, 0.4) is 0 Å². The minimum atomic E-state index is -2.73. The number of hydrogen-bond acceptors (Lipinski definition) is 4. The van der Waals surface area contributed by atoms with Crippen molar-refractivity contribution in [2.45, 2.75) is 89.3 Å². The van der Waals surface area contributed by atoms with E-state index in [1.54, 1.807) is 0 Å². The Bertz CT molecular complexity index is 1370. The summed E-state index contributed by atoms with van der Waals surface area (Å²) in [6.45, 7) is 10.8. The van der Waals surface area contributed by atoms with Crippen molar-refractivity contribution in [1.29, 1.82) is 0 Å². The highest BCUT2D eigenvalue weighted by Crippen LogP contribution is 2.42. The van der Waals surface area contributed by atoms with Crippen LogP contribution in [0.4, 0.5) is 0 Å². The number of rotatable bonds is 13. The first kappa shape index (κ1) is 33.3. The summed E-state index contributed by atoms with van der Waals surface area (Å²) in [6.07, 6.45) is 4.04. The summed E-state index contributed by atoms with van der Waals surface area (Å²) in [6, 6.07) is 43.1. The first-order valence-electron chi connectivity index (χ1n) is 16.7. The predicted octanol–water partition coefficient (Wildman–Crippen LogP) is 7.52. The van der Waals surface area contributed by atoms with Gasteiger partial charge in [-0.05, 0) is 59.1 Å². The standard InChI is InChI=1S/C40H51NO3Si/c1-32-39(44-45(40(2,3)4,36-23-13-7-14-24-36)37-25-15-8-16-26-37)28-27-35(22-17-29-43-31-33-18-9-5-10-19-33)41(32)38(30-42)34-20-11-6-12-21-34/h5-16,18-21,23-26,32,35,38-39,42H,17,22,27-31H2,1-4H3/t32-,35+,38-,39+/m0/s1. The van der Waals surface area contributed by atoms with Gasteiger partial charge in [0.2, 0.25) is 0 Å². The molecule has 0 aliphatic carbocycles. The second kappa shape index (κ2) is 15.5. The molecule has 1 aliphatic heterocycles. The number of ether oxygens (including phenoxy) is 1. The van der Waals surface area contributed by atoms with Crippen molar-refractivity contribution in [3.05, 3.63) is 132 Å². The quantitative estimate of drug-likeness (QED) is 0.124. The largest absolute Gasteiger partial charge is 0.403 e. The van der Waals surface area contributed by atoms with Gasteiger partial charge in [0.25, 0.3) is 8.32 Å². The van der Waals surface area contributed by atoms with Gasteiger partial charge in [0.05, 0.1) is 25.4 Å². The Hall–Kier alpha value is -3.06. The molecule has 0 spiro atoms. The molecule has 45 heavy (non-hydrogen) atoms. The number of likely N-dealkylation sites (tertiary alicyclic amines) is 1. The van der Waals surface area contributed by atoms with E-state index in [2.05, 4.69) is 142 Å². The van der Waals surface area contributed by atoms with Crippen molar-refractivity contribution in [2.24, 2.45) is 0 Å². The average molecular weight is 622 g/mol. The van der Waals surface area contributed by atoms with Gasteiger partial charge in [-0.1, -0.05) is 142 Å². The van der Waals surface area contributed by atoms with Crippen LogP contribution >= 0.6 is 0 Å². The summed E-state index contributed by atoms with van der Waals surface area (Å²) >= 11 is 0. The highest BCUT2D eigenvalue weighted by molar-refractivity contribution is 6.99. The minimum absolute atomic E-state index is 0.0275. The van der Waals surface area contributed by atoms with Crippen LogP contribution in [-0.2, 0) is 15.8 Å². The maximum absolute atomic E-state index is 10.9. The van der Waals surface area contributed by atoms with Gasteiger partial charge < -0.3 is 14.3 Å². The van der Waals surface area contributed by atoms with Gasteiger partial charge in [-0.2, -0.15) is 0 Å². The molecule has 5 heteroatoms. The smallest absolute Gasteiger partial charge is 0.261 e. The summed E-state index contributed by atoms with van der Waals surface area (Å²) in [5, 5.41) is 13.4. The van der Waals surface area contributed by atoms with Crippen LogP contribution in [-0.4, -0.2) is 49.7 Å². The van der Waals surface area contributed by atoms with E-state index in [0.29, 0.717) is 12.6 Å². The third-order valence-corrected chi connectivity index (χ3v) is 14.7. The summed E-state index contributed by atoms with van der Waals surface area (Å²) in [4.78, 5) is 2.58. The molecular formula is C40H51NO3Si. The molecule has 1 aliphatic rings. The van der Waals surface area contributed by atoms with Crippen LogP contribution < -0.4 is 10.4 Å². The lowest BCUT2D eigenvalue weighted by Crippen LogP contribution is -2.69. The van der Waals surface area contributed by atoms with Crippen molar-refractivity contribution in [3.63, 3.8) is 0 Å². The topological polar surface area (TPSA) is 41.9 Å². The monoisotopic (exact) mass is 621 g/mol. The van der Waals surface area contributed by atoms with E-state index >= 15 is 0 Å². The molecule has 4 nitrogen and oxygen atoms in total. The molecule has 238 valence electrons. The van der Waals surface area contributed by atoms with Crippen LogP contribution in [0.1, 0.15) is 70.5 Å². The maximum atomic E-state index is 10.9. The van der Waals surface area contributed by atoms with Crippen LogP contribution in [0.25, 0.3) is 0 Å². The van der Waals surface area contributed by atoms with E-state index < -0.39 is 8.32 Å². The number of hydrogen-bond donors (Lipinski definition) is 1. The van der Waals surface area contributed by atoms with E-state index in [-0.39, 0.29) is 29.8 Å². The molecule has 5 rings (SSSR count). The predicted molar refractivity (Wildman–Crippen MR) is 188 cm³/mol.